The second-order valence-electron chi connectivity index (χ2n) is 7.63. The Hall–Kier alpha value is -3.68. The van der Waals surface area contributed by atoms with Gasteiger partial charge >= 0.3 is 5.97 Å². The van der Waals surface area contributed by atoms with Crippen molar-refractivity contribution in [1.82, 2.24) is 9.38 Å². The number of methoxy groups -OCH3 is 1. The van der Waals surface area contributed by atoms with Crippen molar-refractivity contribution in [2.75, 3.05) is 18.6 Å². The van der Waals surface area contributed by atoms with Gasteiger partial charge < -0.3 is 14.4 Å². The number of carbonyl (C=O) groups is 2. The second-order valence-corrected chi connectivity index (χ2v) is 7.63. The third-order valence-electron chi connectivity index (χ3n) is 5.38. The van der Waals surface area contributed by atoms with Gasteiger partial charge in [0.1, 0.15) is 18.0 Å². The van der Waals surface area contributed by atoms with Crippen molar-refractivity contribution < 1.29 is 19.1 Å². The largest absolute Gasteiger partial charge is 0.495 e. The molecule has 1 saturated heterocycles. The van der Waals surface area contributed by atoms with Crippen LogP contribution in [-0.4, -0.2) is 34.9 Å². The van der Waals surface area contributed by atoms with E-state index in [2.05, 4.69) is 4.98 Å². The molecule has 1 atom stereocenters. The number of aryl methyl sites for hydroxylation is 2. The van der Waals surface area contributed by atoms with E-state index in [4.69, 9.17) is 9.47 Å². The van der Waals surface area contributed by atoms with E-state index in [9.17, 15) is 14.4 Å². The lowest BCUT2D eigenvalue weighted by Crippen LogP contribution is -2.27. The summed E-state index contributed by atoms with van der Waals surface area (Å²) < 4.78 is 12.3. The monoisotopic (exact) mass is 421 g/mol. The van der Waals surface area contributed by atoms with Crippen molar-refractivity contribution in [2.45, 2.75) is 26.9 Å². The zero-order valence-corrected chi connectivity index (χ0v) is 17.6. The van der Waals surface area contributed by atoms with E-state index in [0.29, 0.717) is 22.8 Å². The van der Waals surface area contributed by atoms with E-state index in [1.54, 1.807) is 24.1 Å². The van der Waals surface area contributed by atoms with Crippen molar-refractivity contribution in [3.05, 3.63) is 69.8 Å². The van der Waals surface area contributed by atoms with E-state index in [1.807, 2.05) is 38.1 Å². The first-order chi connectivity index (χ1) is 14.9. The summed E-state index contributed by atoms with van der Waals surface area (Å²) in [5, 5.41) is 0. The third kappa shape index (κ3) is 4.01. The molecule has 160 valence electrons. The molecule has 0 saturated carbocycles. The number of benzene rings is 1. The summed E-state index contributed by atoms with van der Waals surface area (Å²) in [7, 11) is 1.54. The van der Waals surface area contributed by atoms with Crippen LogP contribution in [0.25, 0.3) is 5.65 Å². The van der Waals surface area contributed by atoms with Crippen LogP contribution in [0.15, 0.2) is 47.3 Å². The lowest BCUT2D eigenvalue weighted by molar-refractivity contribution is -0.149. The van der Waals surface area contributed by atoms with Gasteiger partial charge in [0, 0.05) is 24.7 Å². The third-order valence-corrected chi connectivity index (χ3v) is 5.38. The normalized spacial score (nSPS) is 16.0. The van der Waals surface area contributed by atoms with Crippen LogP contribution in [0, 0.1) is 19.8 Å². The van der Waals surface area contributed by atoms with Gasteiger partial charge in [-0.15, -0.1) is 0 Å². The van der Waals surface area contributed by atoms with Crippen LogP contribution in [0.3, 0.4) is 0 Å². The fourth-order valence-electron chi connectivity index (χ4n) is 3.81. The van der Waals surface area contributed by atoms with Gasteiger partial charge in [-0.25, -0.2) is 4.98 Å². The molecule has 1 aromatic carbocycles. The molecular formula is C23H23N3O5. The molecule has 1 aliphatic heterocycles. The summed E-state index contributed by atoms with van der Waals surface area (Å²) in [5.41, 5.74) is 3.02. The van der Waals surface area contributed by atoms with Gasteiger partial charge in [-0.05, 0) is 43.7 Å². The minimum Gasteiger partial charge on any atom is -0.495 e. The highest BCUT2D eigenvalue weighted by atomic mass is 16.5. The average molecular weight is 421 g/mol. The maximum absolute atomic E-state index is 12.6. The summed E-state index contributed by atoms with van der Waals surface area (Å²) >= 11 is 0. The van der Waals surface area contributed by atoms with Gasteiger partial charge in [0.25, 0.3) is 5.56 Å². The Kier molecular flexibility index (Phi) is 5.46. The molecule has 1 aliphatic rings. The van der Waals surface area contributed by atoms with Crippen LogP contribution < -0.4 is 15.2 Å². The van der Waals surface area contributed by atoms with Crippen LogP contribution in [-0.2, 0) is 20.9 Å². The summed E-state index contributed by atoms with van der Waals surface area (Å²) in [5.74, 6) is -0.678. The van der Waals surface area contributed by atoms with Crippen molar-refractivity contribution in [3.8, 4) is 5.75 Å². The number of pyridine rings is 1. The van der Waals surface area contributed by atoms with Gasteiger partial charge in [0.05, 0.1) is 24.4 Å². The van der Waals surface area contributed by atoms with Crippen LogP contribution in [0.1, 0.15) is 23.4 Å². The molecule has 2 aromatic heterocycles. The fourth-order valence-corrected chi connectivity index (χ4v) is 3.81. The lowest BCUT2D eigenvalue weighted by atomic mass is 10.1. The van der Waals surface area contributed by atoms with E-state index in [-0.39, 0.29) is 31.0 Å². The maximum Gasteiger partial charge on any atom is 0.311 e. The molecule has 8 nitrogen and oxygen atoms in total. The molecule has 0 N–H and O–H groups in total. The van der Waals surface area contributed by atoms with Gasteiger partial charge in [0.2, 0.25) is 5.91 Å². The molecule has 0 spiro atoms. The van der Waals surface area contributed by atoms with E-state index >= 15 is 0 Å². The molecular weight excluding hydrogens is 398 g/mol. The number of hydrogen-bond acceptors (Lipinski definition) is 6. The lowest BCUT2D eigenvalue weighted by Gasteiger charge is -2.20. The Balaban J connectivity index is 1.47. The SMILES string of the molecule is COc1ccc(C)cc1N1C[C@H](C(=O)OCc2cc(=O)n3c(C)cccc3n2)CC1=O. The number of nitrogens with zero attached hydrogens (tertiary/aromatic N) is 3. The van der Waals surface area contributed by atoms with Gasteiger partial charge in [0.15, 0.2) is 0 Å². The molecule has 3 heterocycles. The zero-order chi connectivity index (χ0) is 22.1. The molecule has 0 radical (unpaired) electrons. The molecule has 0 aliphatic carbocycles. The molecule has 31 heavy (non-hydrogen) atoms. The number of amides is 1. The maximum atomic E-state index is 12.6. The smallest absolute Gasteiger partial charge is 0.311 e. The highest BCUT2D eigenvalue weighted by Crippen LogP contribution is 2.34. The summed E-state index contributed by atoms with van der Waals surface area (Å²) in [6.07, 6.45) is 0.0585. The van der Waals surface area contributed by atoms with Crippen LogP contribution in [0.5, 0.6) is 5.75 Å². The van der Waals surface area contributed by atoms with Gasteiger partial charge in [-0.1, -0.05) is 12.1 Å². The molecule has 0 bridgehead atoms. The molecule has 8 heteroatoms. The highest BCUT2D eigenvalue weighted by Gasteiger charge is 2.37. The standard InChI is InChI=1S/C23H23N3O5/c1-14-7-8-19(30-3)18(9-14)25-12-16(10-21(25)27)23(29)31-13-17-11-22(28)26-15(2)5-4-6-20(26)24-17/h4-9,11,16H,10,12-13H2,1-3H3/t16-/m1/s1. The Labute approximate surface area is 179 Å². The summed E-state index contributed by atoms with van der Waals surface area (Å²) in [6.45, 7) is 3.83. The van der Waals surface area contributed by atoms with E-state index in [0.717, 1.165) is 11.3 Å². The molecule has 4 rings (SSSR count). The van der Waals surface area contributed by atoms with Gasteiger partial charge in [-0.3, -0.25) is 18.8 Å². The first kappa shape index (κ1) is 20.6. The number of fused-ring (bicyclic) bond motifs is 1. The Morgan fingerprint density at radius 3 is 2.74 bits per heavy atom. The van der Waals surface area contributed by atoms with Crippen molar-refractivity contribution in [2.24, 2.45) is 5.92 Å². The van der Waals surface area contributed by atoms with E-state index in [1.165, 1.54) is 10.5 Å². The van der Waals surface area contributed by atoms with Crippen molar-refractivity contribution in [3.63, 3.8) is 0 Å². The Bertz CT molecular complexity index is 1230. The first-order valence-corrected chi connectivity index (χ1v) is 9.97. The topological polar surface area (TPSA) is 90.2 Å². The van der Waals surface area contributed by atoms with Crippen LogP contribution >= 0.6 is 0 Å². The van der Waals surface area contributed by atoms with Crippen molar-refractivity contribution in [1.29, 1.82) is 0 Å². The fraction of sp³-hybridized carbons (Fsp3) is 0.304. The molecule has 0 unspecified atom stereocenters. The Morgan fingerprint density at radius 1 is 1.16 bits per heavy atom. The highest BCUT2D eigenvalue weighted by molar-refractivity contribution is 6.00. The van der Waals surface area contributed by atoms with E-state index < -0.39 is 11.9 Å². The number of aromatic nitrogens is 2. The predicted molar refractivity (Wildman–Crippen MR) is 114 cm³/mol. The Morgan fingerprint density at radius 2 is 1.97 bits per heavy atom. The van der Waals surface area contributed by atoms with Crippen molar-refractivity contribution >= 4 is 23.2 Å². The minimum absolute atomic E-state index is 0.0585. The molecule has 1 amide bonds. The summed E-state index contributed by atoms with van der Waals surface area (Å²) in [4.78, 5) is 43.5. The number of hydrogen-bond donors (Lipinski definition) is 0. The number of esters is 1. The first-order valence-electron chi connectivity index (χ1n) is 9.97. The average Bonchev–Trinajstić information content (AvgIpc) is 3.13. The van der Waals surface area contributed by atoms with Gasteiger partial charge in [-0.2, -0.15) is 0 Å². The van der Waals surface area contributed by atoms with Crippen LogP contribution in [0.4, 0.5) is 5.69 Å². The minimum atomic E-state index is -0.596. The number of rotatable bonds is 5. The quantitative estimate of drug-likeness (QED) is 0.588. The number of ether oxygens (including phenoxy) is 2. The predicted octanol–water partition coefficient (Wildman–Crippen LogP) is 2.42. The summed E-state index contributed by atoms with van der Waals surface area (Å²) in [6, 6.07) is 12.3. The molecule has 3 aromatic rings. The van der Waals surface area contributed by atoms with Crippen LogP contribution in [0.2, 0.25) is 0 Å². The molecule has 1 fully saturated rings. The number of anilines is 1. The second kappa shape index (κ2) is 8.22. The number of carbonyl (C=O) groups excluding carboxylic acids is 2. The zero-order valence-electron chi connectivity index (χ0n) is 17.6.